The van der Waals surface area contributed by atoms with Gasteiger partial charge in [0.15, 0.2) is 9.84 Å². The molecular formula is C17H22N2O4S. The largest absolute Gasteiger partial charge is 0.345 e. The number of likely N-dealkylation sites (tertiary alicyclic amines) is 2. The van der Waals surface area contributed by atoms with Gasteiger partial charge in [-0.25, -0.2) is 8.42 Å². The molecule has 2 aliphatic heterocycles. The van der Waals surface area contributed by atoms with Crippen LogP contribution in [0.15, 0.2) is 29.2 Å². The Morgan fingerprint density at radius 2 is 1.88 bits per heavy atom. The monoisotopic (exact) mass is 350 g/mol. The number of amides is 2. The summed E-state index contributed by atoms with van der Waals surface area (Å²) in [6.45, 7) is 1.90. The van der Waals surface area contributed by atoms with Crippen LogP contribution in [0.1, 0.15) is 12.0 Å². The van der Waals surface area contributed by atoms with E-state index in [4.69, 9.17) is 0 Å². The molecule has 6 nitrogen and oxygen atoms in total. The zero-order chi connectivity index (χ0) is 17.5. The van der Waals surface area contributed by atoms with Gasteiger partial charge < -0.3 is 9.80 Å². The molecule has 7 heteroatoms. The number of nitrogens with zero attached hydrogens (tertiary/aromatic N) is 2. The highest BCUT2D eigenvalue weighted by Crippen LogP contribution is 2.31. The topological polar surface area (TPSA) is 74.8 Å². The summed E-state index contributed by atoms with van der Waals surface area (Å²) in [5.74, 6) is 0.330. The van der Waals surface area contributed by atoms with Crippen LogP contribution in [0.25, 0.3) is 0 Å². The molecule has 2 atom stereocenters. The van der Waals surface area contributed by atoms with Crippen LogP contribution in [0.5, 0.6) is 0 Å². The van der Waals surface area contributed by atoms with Crippen LogP contribution in [0.4, 0.5) is 0 Å². The highest BCUT2D eigenvalue weighted by atomic mass is 32.2. The fraction of sp³-hybridized carbons (Fsp3) is 0.529. The lowest BCUT2D eigenvalue weighted by molar-refractivity contribution is -0.138. The Kier molecular flexibility index (Phi) is 4.38. The molecule has 0 aromatic heterocycles. The van der Waals surface area contributed by atoms with Gasteiger partial charge in [-0.05, 0) is 30.0 Å². The second-order valence-corrected chi connectivity index (χ2v) is 8.82. The number of carbonyl (C=O) groups is 2. The molecular weight excluding hydrogens is 328 g/mol. The van der Waals surface area contributed by atoms with Crippen molar-refractivity contribution in [1.29, 1.82) is 0 Å². The fourth-order valence-electron chi connectivity index (χ4n) is 3.54. The van der Waals surface area contributed by atoms with Gasteiger partial charge in [0.1, 0.15) is 0 Å². The Morgan fingerprint density at radius 1 is 1.21 bits per heavy atom. The first-order valence-electron chi connectivity index (χ1n) is 8.07. The van der Waals surface area contributed by atoms with Crippen molar-refractivity contribution in [3.8, 4) is 0 Å². The molecule has 2 fully saturated rings. The molecule has 0 aliphatic carbocycles. The van der Waals surface area contributed by atoms with Crippen LogP contribution >= 0.6 is 0 Å². The molecule has 0 N–H and O–H groups in total. The Hall–Kier alpha value is -1.89. The number of hydrogen-bond donors (Lipinski definition) is 0. The number of benzene rings is 1. The second-order valence-electron chi connectivity index (χ2n) is 6.81. The van der Waals surface area contributed by atoms with Crippen LogP contribution in [0, 0.1) is 11.8 Å². The van der Waals surface area contributed by atoms with Gasteiger partial charge in [-0.1, -0.05) is 12.1 Å². The molecule has 1 aromatic carbocycles. The molecule has 0 unspecified atom stereocenters. The number of hydrogen-bond acceptors (Lipinski definition) is 4. The third-order valence-electron chi connectivity index (χ3n) is 5.03. The maximum atomic E-state index is 12.5. The van der Waals surface area contributed by atoms with Crippen LogP contribution in [-0.2, 0) is 25.8 Å². The van der Waals surface area contributed by atoms with Crippen LogP contribution in [0.2, 0.25) is 0 Å². The van der Waals surface area contributed by atoms with Crippen LogP contribution in [0.3, 0.4) is 0 Å². The minimum absolute atomic E-state index is 0.00745. The van der Waals surface area contributed by atoms with E-state index in [9.17, 15) is 18.0 Å². The predicted octanol–water partition coefficient (Wildman–Crippen LogP) is 0.569. The highest BCUT2D eigenvalue weighted by Gasteiger charge is 2.43. The van der Waals surface area contributed by atoms with Gasteiger partial charge >= 0.3 is 0 Å². The Balaban J connectivity index is 1.65. The lowest BCUT2D eigenvalue weighted by Gasteiger charge is -2.30. The minimum Gasteiger partial charge on any atom is -0.345 e. The number of carbonyl (C=O) groups excluding carboxylic acids is 2. The summed E-state index contributed by atoms with van der Waals surface area (Å²) < 4.78 is 22.9. The summed E-state index contributed by atoms with van der Waals surface area (Å²) in [7, 11) is -1.42. The molecule has 24 heavy (non-hydrogen) atoms. The van der Waals surface area contributed by atoms with Crippen LogP contribution < -0.4 is 0 Å². The summed E-state index contributed by atoms with van der Waals surface area (Å²) in [6.07, 6.45) is 2.33. The van der Waals surface area contributed by atoms with Gasteiger partial charge in [0.2, 0.25) is 11.8 Å². The molecule has 2 heterocycles. The number of sulfone groups is 1. The van der Waals surface area contributed by atoms with E-state index in [0.717, 1.165) is 24.8 Å². The molecule has 3 rings (SSSR count). The Labute approximate surface area is 142 Å². The summed E-state index contributed by atoms with van der Waals surface area (Å²) in [5.41, 5.74) is 0.783. The van der Waals surface area contributed by atoms with E-state index >= 15 is 0 Å². The number of fused-ring (bicyclic) bond motifs is 1. The highest BCUT2D eigenvalue weighted by molar-refractivity contribution is 7.90. The van der Waals surface area contributed by atoms with Gasteiger partial charge in [-0.2, -0.15) is 0 Å². The van der Waals surface area contributed by atoms with E-state index in [0.29, 0.717) is 13.1 Å². The van der Waals surface area contributed by atoms with Crippen molar-refractivity contribution < 1.29 is 18.0 Å². The molecule has 0 saturated carbocycles. The Morgan fingerprint density at radius 3 is 2.50 bits per heavy atom. The normalized spacial score (nSPS) is 24.2. The summed E-state index contributed by atoms with van der Waals surface area (Å²) in [4.78, 5) is 28.5. The van der Waals surface area contributed by atoms with Gasteiger partial charge in [0, 0.05) is 32.9 Å². The van der Waals surface area contributed by atoms with Crippen molar-refractivity contribution >= 4 is 21.7 Å². The zero-order valence-electron chi connectivity index (χ0n) is 13.9. The average molecular weight is 350 g/mol. The van der Waals surface area contributed by atoms with E-state index in [1.807, 2.05) is 7.05 Å². The van der Waals surface area contributed by atoms with Crippen molar-refractivity contribution in [3.05, 3.63) is 29.8 Å². The van der Waals surface area contributed by atoms with Gasteiger partial charge in [-0.3, -0.25) is 9.59 Å². The molecule has 0 radical (unpaired) electrons. The molecule has 0 bridgehead atoms. The molecule has 1 aromatic rings. The summed E-state index contributed by atoms with van der Waals surface area (Å²) in [5, 5.41) is 0. The Bertz CT molecular complexity index is 757. The third kappa shape index (κ3) is 3.31. The number of rotatable bonds is 3. The maximum Gasteiger partial charge on any atom is 0.227 e. The van der Waals surface area contributed by atoms with E-state index < -0.39 is 9.84 Å². The third-order valence-corrected chi connectivity index (χ3v) is 6.16. The summed E-state index contributed by atoms with van der Waals surface area (Å²) in [6, 6.07) is 6.41. The van der Waals surface area contributed by atoms with Gasteiger partial charge in [-0.15, -0.1) is 0 Å². The predicted molar refractivity (Wildman–Crippen MR) is 89.1 cm³/mol. The summed E-state index contributed by atoms with van der Waals surface area (Å²) >= 11 is 0. The minimum atomic E-state index is -3.23. The fourth-order valence-corrected chi connectivity index (χ4v) is 4.17. The molecule has 130 valence electrons. The molecule has 0 spiro atoms. The lowest BCUT2D eigenvalue weighted by atomic mass is 9.88. The van der Waals surface area contributed by atoms with Crippen molar-refractivity contribution in [3.63, 3.8) is 0 Å². The van der Waals surface area contributed by atoms with Crippen molar-refractivity contribution in [2.24, 2.45) is 11.8 Å². The standard InChI is InChI=1S/C17H22N2O4S/c1-18-8-7-13-10-19(11-15(13)17(18)21)16(20)9-12-3-5-14(6-4-12)24(2,22)23/h3-6,13,15H,7-11H2,1-2H3/t13-,15+/m1/s1. The van der Waals surface area contributed by atoms with E-state index in [-0.39, 0.29) is 35.0 Å². The lowest BCUT2D eigenvalue weighted by Crippen LogP contribution is -2.42. The maximum absolute atomic E-state index is 12.5. The van der Waals surface area contributed by atoms with Crippen molar-refractivity contribution in [2.45, 2.75) is 17.7 Å². The van der Waals surface area contributed by atoms with E-state index in [1.165, 1.54) is 12.1 Å². The van der Waals surface area contributed by atoms with Crippen LogP contribution in [-0.4, -0.2) is 63.0 Å². The van der Waals surface area contributed by atoms with E-state index in [1.54, 1.807) is 21.9 Å². The molecule has 2 saturated heterocycles. The number of piperidine rings is 1. The molecule has 2 aliphatic rings. The van der Waals surface area contributed by atoms with Gasteiger partial charge in [0.05, 0.1) is 17.2 Å². The smallest absolute Gasteiger partial charge is 0.227 e. The first-order chi connectivity index (χ1) is 11.3. The average Bonchev–Trinajstić information content (AvgIpc) is 2.96. The second kappa shape index (κ2) is 6.20. The quantitative estimate of drug-likeness (QED) is 0.799. The zero-order valence-corrected chi connectivity index (χ0v) is 14.8. The molecule has 2 amide bonds. The first kappa shape index (κ1) is 17.0. The first-order valence-corrected chi connectivity index (χ1v) is 9.96. The van der Waals surface area contributed by atoms with Gasteiger partial charge in [0.25, 0.3) is 0 Å². The van der Waals surface area contributed by atoms with Crippen molar-refractivity contribution in [1.82, 2.24) is 9.80 Å². The van der Waals surface area contributed by atoms with Crippen molar-refractivity contribution in [2.75, 3.05) is 32.9 Å². The van der Waals surface area contributed by atoms with E-state index in [2.05, 4.69) is 0 Å². The SMILES string of the molecule is CN1CC[C@@H]2CN(C(=O)Cc3ccc(S(C)(=O)=O)cc3)C[C@@H]2C1=O.